The molecular formula is C18H15ClF3N7O3. The number of nitrogens with zero attached hydrogens (tertiary/aromatic N) is 5. The molecule has 1 aromatic carbocycles. The van der Waals surface area contributed by atoms with Gasteiger partial charge in [-0.3, -0.25) is 9.59 Å². The fourth-order valence-corrected chi connectivity index (χ4v) is 2.89. The molecule has 0 aliphatic carbocycles. The second-order valence-electron chi connectivity index (χ2n) is 6.29. The number of amides is 2. The smallest absolute Gasteiger partial charge is 0.406 e. The van der Waals surface area contributed by atoms with Crippen LogP contribution in [0.5, 0.6) is 5.75 Å². The molecule has 0 unspecified atom stereocenters. The molecule has 0 saturated carbocycles. The van der Waals surface area contributed by atoms with Gasteiger partial charge in [0.2, 0.25) is 0 Å². The average Bonchev–Trinajstić information content (AvgIpc) is 3.21. The van der Waals surface area contributed by atoms with E-state index in [0.29, 0.717) is 0 Å². The summed E-state index contributed by atoms with van der Waals surface area (Å²) in [5.74, 6) is -1.33. The zero-order valence-corrected chi connectivity index (χ0v) is 17.3. The number of hydrogen-bond donors (Lipinski definition) is 2. The summed E-state index contributed by atoms with van der Waals surface area (Å²) in [7, 11) is 1.45. The van der Waals surface area contributed by atoms with Crippen LogP contribution in [-0.2, 0) is 0 Å². The first-order valence-corrected chi connectivity index (χ1v) is 9.27. The van der Waals surface area contributed by atoms with Gasteiger partial charge in [0.25, 0.3) is 11.8 Å². The third-order valence-electron chi connectivity index (χ3n) is 4.01. The van der Waals surface area contributed by atoms with Crippen molar-refractivity contribution in [3.8, 4) is 11.6 Å². The fourth-order valence-electron chi connectivity index (χ4n) is 2.67. The summed E-state index contributed by atoms with van der Waals surface area (Å²) in [5.41, 5.74) is -0.0645. The quantitative estimate of drug-likeness (QED) is 0.568. The van der Waals surface area contributed by atoms with E-state index in [2.05, 4.69) is 35.4 Å². The molecule has 168 valence electrons. The number of benzene rings is 1. The van der Waals surface area contributed by atoms with Gasteiger partial charge in [-0.15, -0.1) is 13.2 Å². The summed E-state index contributed by atoms with van der Waals surface area (Å²) in [6.45, 7) is 1.58. The SMILES string of the molecule is CNC(=O)c1cc(-n2ncnc2[C@H](C)NC(=O)c2cc(Cl)cc(OC(F)(F)F)c2)ncn1. The number of carbonyl (C=O) groups is 2. The van der Waals surface area contributed by atoms with Crippen LogP contribution in [0.15, 0.2) is 36.9 Å². The molecule has 0 aliphatic rings. The largest absolute Gasteiger partial charge is 0.573 e. The topological polar surface area (TPSA) is 124 Å². The lowest BCUT2D eigenvalue weighted by Gasteiger charge is -2.15. The number of hydrogen-bond acceptors (Lipinski definition) is 7. The Morgan fingerprint density at radius 2 is 1.84 bits per heavy atom. The van der Waals surface area contributed by atoms with Crippen LogP contribution in [0, 0.1) is 0 Å². The highest BCUT2D eigenvalue weighted by Gasteiger charge is 2.31. The molecule has 0 aliphatic heterocycles. The summed E-state index contributed by atoms with van der Waals surface area (Å²) in [6, 6.07) is 3.66. The van der Waals surface area contributed by atoms with Crippen molar-refractivity contribution in [3.05, 3.63) is 59.0 Å². The first-order chi connectivity index (χ1) is 15.1. The molecule has 2 N–H and O–H groups in total. The van der Waals surface area contributed by atoms with Crippen molar-refractivity contribution >= 4 is 23.4 Å². The Balaban J connectivity index is 1.83. The normalized spacial score (nSPS) is 12.2. The number of halogens is 4. The molecule has 0 fully saturated rings. The first-order valence-electron chi connectivity index (χ1n) is 8.89. The zero-order chi connectivity index (χ0) is 23.5. The van der Waals surface area contributed by atoms with Crippen LogP contribution in [0.25, 0.3) is 5.82 Å². The van der Waals surface area contributed by atoms with Crippen molar-refractivity contribution in [3.63, 3.8) is 0 Å². The van der Waals surface area contributed by atoms with Crippen molar-refractivity contribution in [2.75, 3.05) is 7.05 Å². The summed E-state index contributed by atoms with van der Waals surface area (Å²) in [4.78, 5) is 36.4. The minimum atomic E-state index is -4.94. The second-order valence-corrected chi connectivity index (χ2v) is 6.73. The van der Waals surface area contributed by atoms with Gasteiger partial charge in [0.15, 0.2) is 11.6 Å². The molecule has 3 rings (SSSR count). The molecule has 1 atom stereocenters. The molecule has 32 heavy (non-hydrogen) atoms. The summed E-state index contributed by atoms with van der Waals surface area (Å²) in [5, 5.41) is 8.96. The number of carbonyl (C=O) groups excluding carboxylic acids is 2. The molecule has 2 amide bonds. The van der Waals surface area contributed by atoms with Crippen LogP contribution in [0.3, 0.4) is 0 Å². The number of aromatic nitrogens is 5. The van der Waals surface area contributed by atoms with Crippen molar-refractivity contribution in [1.82, 2.24) is 35.4 Å². The number of alkyl halides is 3. The minimum absolute atomic E-state index is 0.0896. The molecule has 2 aromatic heterocycles. The van der Waals surface area contributed by atoms with Gasteiger partial charge in [-0.05, 0) is 25.1 Å². The summed E-state index contributed by atoms with van der Waals surface area (Å²) < 4.78 is 42.6. The maximum Gasteiger partial charge on any atom is 0.573 e. The highest BCUT2D eigenvalue weighted by atomic mass is 35.5. The van der Waals surface area contributed by atoms with Crippen molar-refractivity contribution < 1.29 is 27.5 Å². The average molecular weight is 470 g/mol. The predicted molar refractivity (Wildman–Crippen MR) is 104 cm³/mol. The Morgan fingerprint density at radius 1 is 1.09 bits per heavy atom. The molecule has 0 spiro atoms. The summed E-state index contributed by atoms with van der Waals surface area (Å²) >= 11 is 5.82. The lowest BCUT2D eigenvalue weighted by atomic mass is 10.2. The van der Waals surface area contributed by atoms with Gasteiger partial charge in [0.05, 0.1) is 6.04 Å². The maximum absolute atomic E-state index is 12.6. The van der Waals surface area contributed by atoms with E-state index in [1.807, 2.05) is 0 Å². The molecule has 3 aromatic rings. The Morgan fingerprint density at radius 3 is 2.53 bits per heavy atom. The van der Waals surface area contributed by atoms with Crippen LogP contribution in [0.2, 0.25) is 5.02 Å². The molecule has 0 bridgehead atoms. The molecule has 10 nitrogen and oxygen atoms in total. The third-order valence-corrected chi connectivity index (χ3v) is 4.22. The van der Waals surface area contributed by atoms with Gasteiger partial charge in [0.1, 0.15) is 24.1 Å². The van der Waals surface area contributed by atoms with Crippen molar-refractivity contribution in [1.29, 1.82) is 0 Å². The molecule has 0 saturated heterocycles. The van der Waals surface area contributed by atoms with Gasteiger partial charge in [-0.25, -0.2) is 15.0 Å². The molecular weight excluding hydrogens is 455 g/mol. The summed E-state index contributed by atoms with van der Waals surface area (Å²) in [6.07, 6.45) is -2.55. The maximum atomic E-state index is 12.6. The second kappa shape index (κ2) is 9.18. The van der Waals surface area contributed by atoms with Gasteiger partial charge in [0, 0.05) is 23.7 Å². The lowest BCUT2D eigenvalue weighted by Crippen LogP contribution is -2.29. The third kappa shape index (κ3) is 5.49. The fraction of sp³-hybridized carbons (Fsp3) is 0.222. The lowest BCUT2D eigenvalue weighted by molar-refractivity contribution is -0.274. The van der Waals surface area contributed by atoms with Crippen LogP contribution >= 0.6 is 11.6 Å². The highest BCUT2D eigenvalue weighted by Crippen LogP contribution is 2.27. The Kier molecular flexibility index (Phi) is 6.58. The van der Waals surface area contributed by atoms with E-state index in [9.17, 15) is 22.8 Å². The van der Waals surface area contributed by atoms with E-state index in [1.54, 1.807) is 6.92 Å². The van der Waals surface area contributed by atoms with Crippen LogP contribution in [-0.4, -0.2) is 50.0 Å². The molecule has 14 heteroatoms. The van der Waals surface area contributed by atoms with Gasteiger partial charge in [-0.2, -0.15) is 9.78 Å². The van der Waals surface area contributed by atoms with Crippen LogP contribution in [0.4, 0.5) is 13.2 Å². The molecule has 0 radical (unpaired) electrons. The highest BCUT2D eigenvalue weighted by molar-refractivity contribution is 6.31. The Hall–Kier alpha value is -3.74. The van der Waals surface area contributed by atoms with E-state index in [4.69, 9.17) is 11.6 Å². The van der Waals surface area contributed by atoms with E-state index >= 15 is 0 Å². The van der Waals surface area contributed by atoms with E-state index < -0.39 is 30.0 Å². The minimum Gasteiger partial charge on any atom is -0.406 e. The van der Waals surface area contributed by atoms with Crippen molar-refractivity contribution in [2.24, 2.45) is 0 Å². The molecule has 2 heterocycles. The van der Waals surface area contributed by atoms with Gasteiger partial charge >= 0.3 is 6.36 Å². The van der Waals surface area contributed by atoms with Crippen LogP contribution < -0.4 is 15.4 Å². The monoisotopic (exact) mass is 469 g/mol. The zero-order valence-electron chi connectivity index (χ0n) is 16.5. The Bertz CT molecular complexity index is 1150. The standard InChI is InChI=1S/C18H15ClF3N7O3/c1-9(28-16(30)10-3-11(19)5-12(4-10)32-18(20,21)22)15-26-8-27-29(15)14-6-13(17(31)23-2)24-7-25-14/h3-9H,1-2H3,(H,23,31)(H,28,30)/t9-/m0/s1. The number of ether oxygens (including phenoxy) is 1. The first kappa shape index (κ1) is 22.9. The van der Waals surface area contributed by atoms with Crippen LogP contribution in [0.1, 0.15) is 39.6 Å². The number of nitrogens with one attached hydrogen (secondary N) is 2. The predicted octanol–water partition coefficient (Wildman–Crippen LogP) is 2.46. The van der Waals surface area contributed by atoms with Crippen molar-refractivity contribution in [2.45, 2.75) is 19.3 Å². The van der Waals surface area contributed by atoms with E-state index in [1.165, 1.54) is 36.5 Å². The van der Waals surface area contributed by atoms with E-state index in [-0.39, 0.29) is 27.9 Å². The van der Waals surface area contributed by atoms with E-state index in [0.717, 1.165) is 12.1 Å². The van der Waals surface area contributed by atoms with Gasteiger partial charge in [-0.1, -0.05) is 11.6 Å². The Labute approximate surface area is 183 Å². The number of rotatable bonds is 6. The van der Waals surface area contributed by atoms with Gasteiger partial charge < -0.3 is 15.4 Å².